The number of piperidine rings is 1. The molecule has 5 heteroatoms. The number of hydrogen-bond donors (Lipinski definition) is 0. The topological polar surface area (TPSA) is 49.3 Å². The second-order valence-electron chi connectivity index (χ2n) is 5.76. The van der Waals surface area contributed by atoms with Gasteiger partial charge in [0.25, 0.3) is 5.91 Å². The SMILES string of the molecule is Cc1ncc(C(=O)N2CCCC[C@H]2CCN(C)C)cn1. The Hall–Kier alpha value is -1.49. The van der Waals surface area contributed by atoms with E-state index in [1.165, 1.54) is 6.42 Å². The number of amides is 1. The largest absolute Gasteiger partial charge is 0.336 e. The Kier molecular flexibility index (Phi) is 5.06. The van der Waals surface area contributed by atoms with Gasteiger partial charge >= 0.3 is 0 Å². The molecule has 1 atom stereocenters. The highest BCUT2D eigenvalue weighted by Gasteiger charge is 2.27. The van der Waals surface area contributed by atoms with Crippen molar-refractivity contribution in [3.05, 3.63) is 23.8 Å². The van der Waals surface area contributed by atoms with Gasteiger partial charge in [0.2, 0.25) is 0 Å². The Morgan fingerprint density at radius 1 is 1.35 bits per heavy atom. The van der Waals surface area contributed by atoms with Gasteiger partial charge in [-0.2, -0.15) is 0 Å². The van der Waals surface area contributed by atoms with Crippen molar-refractivity contribution in [2.24, 2.45) is 0 Å². The maximum Gasteiger partial charge on any atom is 0.257 e. The smallest absolute Gasteiger partial charge is 0.257 e. The number of aryl methyl sites for hydroxylation is 1. The van der Waals surface area contributed by atoms with Gasteiger partial charge in [0.15, 0.2) is 0 Å². The second-order valence-corrected chi connectivity index (χ2v) is 5.76. The normalized spacial score (nSPS) is 19.4. The first-order valence-corrected chi connectivity index (χ1v) is 7.32. The molecule has 1 aromatic rings. The lowest BCUT2D eigenvalue weighted by Gasteiger charge is -2.36. The molecule has 1 amide bonds. The van der Waals surface area contributed by atoms with Crippen molar-refractivity contribution < 1.29 is 4.79 Å². The third-order valence-electron chi connectivity index (χ3n) is 3.83. The van der Waals surface area contributed by atoms with Gasteiger partial charge in [0.1, 0.15) is 5.82 Å². The second kappa shape index (κ2) is 6.79. The number of carbonyl (C=O) groups is 1. The molecule has 1 aromatic heterocycles. The van der Waals surface area contributed by atoms with Gasteiger partial charge in [0, 0.05) is 25.0 Å². The van der Waals surface area contributed by atoms with Crippen LogP contribution in [0.4, 0.5) is 0 Å². The predicted molar refractivity (Wildman–Crippen MR) is 78.6 cm³/mol. The number of rotatable bonds is 4. The van der Waals surface area contributed by atoms with E-state index in [4.69, 9.17) is 0 Å². The van der Waals surface area contributed by atoms with E-state index in [1.807, 2.05) is 11.8 Å². The molecule has 5 nitrogen and oxygen atoms in total. The molecule has 2 rings (SSSR count). The summed E-state index contributed by atoms with van der Waals surface area (Å²) in [5.41, 5.74) is 0.604. The maximum absolute atomic E-state index is 12.6. The summed E-state index contributed by atoms with van der Waals surface area (Å²) in [6, 6.07) is 0.347. The van der Waals surface area contributed by atoms with Crippen LogP contribution in [-0.4, -0.2) is 58.9 Å². The summed E-state index contributed by atoms with van der Waals surface area (Å²) in [4.78, 5) is 25.0. The van der Waals surface area contributed by atoms with Gasteiger partial charge in [-0.1, -0.05) is 0 Å². The summed E-state index contributed by atoms with van der Waals surface area (Å²) in [5.74, 6) is 0.776. The molecule has 110 valence electrons. The molecule has 1 saturated heterocycles. The molecule has 1 fully saturated rings. The number of aromatic nitrogens is 2. The van der Waals surface area contributed by atoms with E-state index in [-0.39, 0.29) is 5.91 Å². The minimum absolute atomic E-state index is 0.0773. The standard InChI is InChI=1S/C15H24N4O/c1-12-16-10-13(11-17-12)15(20)19-8-5-4-6-14(19)7-9-18(2)3/h10-11,14H,4-9H2,1-3H3/t14-/m0/s1. The summed E-state index contributed by atoms with van der Waals surface area (Å²) in [6.45, 7) is 3.69. The predicted octanol–water partition coefficient (Wildman–Crippen LogP) is 1.73. The molecule has 0 saturated carbocycles. The van der Waals surface area contributed by atoms with E-state index in [1.54, 1.807) is 12.4 Å². The van der Waals surface area contributed by atoms with E-state index in [9.17, 15) is 4.79 Å². The molecule has 1 aliphatic rings. The summed E-state index contributed by atoms with van der Waals surface area (Å²) in [7, 11) is 4.14. The zero-order valence-corrected chi connectivity index (χ0v) is 12.7. The van der Waals surface area contributed by atoms with Crippen LogP contribution in [0.1, 0.15) is 41.9 Å². The van der Waals surface area contributed by atoms with Crippen LogP contribution in [0, 0.1) is 6.92 Å². The summed E-state index contributed by atoms with van der Waals surface area (Å²) in [5, 5.41) is 0. The van der Waals surface area contributed by atoms with Gasteiger partial charge in [-0.15, -0.1) is 0 Å². The molecule has 1 aliphatic heterocycles. The lowest BCUT2D eigenvalue weighted by Crippen LogP contribution is -2.45. The van der Waals surface area contributed by atoms with Crippen molar-refractivity contribution in [2.75, 3.05) is 27.2 Å². The fourth-order valence-corrected chi connectivity index (χ4v) is 2.64. The van der Waals surface area contributed by atoms with Crippen LogP contribution in [-0.2, 0) is 0 Å². The zero-order valence-electron chi connectivity index (χ0n) is 12.7. The summed E-state index contributed by atoms with van der Waals surface area (Å²) in [6.07, 6.45) is 7.73. The minimum atomic E-state index is 0.0773. The first-order chi connectivity index (χ1) is 9.58. The molecule has 0 spiro atoms. The maximum atomic E-state index is 12.6. The van der Waals surface area contributed by atoms with Crippen LogP contribution in [0.5, 0.6) is 0 Å². The third-order valence-corrected chi connectivity index (χ3v) is 3.83. The Morgan fingerprint density at radius 3 is 2.70 bits per heavy atom. The number of likely N-dealkylation sites (tertiary alicyclic amines) is 1. The molecule has 0 unspecified atom stereocenters. The lowest BCUT2D eigenvalue weighted by molar-refractivity contribution is 0.0590. The van der Waals surface area contributed by atoms with Crippen molar-refractivity contribution in [1.82, 2.24) is 19.8 Å². The Labute approximate surface area is 121 Å². The van der Waals surface area contributed by atoms with E-state index >= 15 is 0 Å². The molecule has 20 heavy (non-hydrogen) atoms. The Balaban J connectivity index is 2.06. The van der Waals surface area contributed by atoms with E-state index < -0.39 is 0 Å². The number of hydrogen-bond acceptors (Lipinski definition) is 4. The molecule has 0 aliphatic carbocycles. The third kappa shape index (κ3) is 3.76. The zero-order chi connectivity index (χ0) is 14.5. The van der Waals surface area contributed by atoms with E-state index in [2.05, 4.69) is 29.0 Å². The Morgan fingerprint density at radius 2 is 2.05 bits per heavy atom. The summed E-state index contributed by atoms with van der Waals surface area (Å²) >= 11 is 0. The Bertz CT molecular complexity index is 444. The van der Waals surface area contributed by atoms with Crippen molar-refractivity contribution in [2.45, 2.75) is 38.6 Å². The van der Waals surface area contributed by atoms with Gasteiger partial charge in [-0.25, -0.2) is 9.97 Å². The van der Waals surface area contributed by atoms with Gasteiger partial charge in [-0.05, 0) is 53.2 Å². The van der Waals surface area contributed by atoms with Crippen molar-refractivity contribution in [1.29, 1.82) is 0 Å². The number of nitrogens with zero attached hydrogens (tertiary/aromatic N) is 4. The average molecular weight is 276 g/mol. The minimum Gasteiger partial charge on any atom is -0.336 e. The van der Waals surface area contributed by atoms with Crippen LogP contribution < -0.4 is 0 Å². The van der Waals surface area contributed by atoms with Crippen LogP contribution in [0.3, 0.4) is 0 Å². The first kappa shape index (κ1) is 14.9. The van der Waals surface area contributed by atoms with Crippen molar-refractivity contribution in [3.63, 3.8) is 0 Å². The molecule has 0 N–H and O–H groups in total. The molecular weight excluding hydrogens is 252 g/mol. The fraction of sp³-hybridized carbons (Fsp3) is 0.667. The lowest BCUT2D eigenvalue weighted by atomic mass is 9.98. The quantitative estimate of drug-likeness (QED) is 0.840. The van der Waals surface area contributed by atoms with Gasteiger partial charge < -0.3 is 9.80 Å². The molecule has 2 heterocycles. The van der Waals surface area contributed by atoms with Crippen LogP contribution in [0.2, 0.25) is 0 Å². The van der Waals surface area contributed by atoms with Gasteiger partial charge in [-0.3, -0.25) is 4.79 Å². The van der Waals surface area contributed by atoms with Crippen molar-refractivity contribution >= 4 is 5.91 Å². The number of carbonyl (C=O) groups excluding carboxylic acids is 1. The van der Waals surface area contributed by atoms with E-state index in [0.717, 1.165) is 32.4 Å². The average Bonchev–Trinajstić information content (AvgIpc) is 2.45. The van der Waals surface area contributed by atoms with E-state index in [0.29, 0.717) is 17.4 Å². The van der Waals surface area contributed by atoms with Crippen LogP contribution >= 0.6 is 0 Å². The molecule has 0 aromatic carbocycles. The van der Waals surface area contributed by atoms with Gasteiger partial charge in [0.05, 0.1) is 5.56 Å². The first-order valence-electron chi connectivity index (χ1n) is 7.32. The fourth-order valence-electron chi connectivity index (χ4n) is 2.64. The molecule has 0 radical (unpaired) electrons. The van der Waals surface area contributed by atoms with Crippen LogP contribution in [0.25, 0.3) is 0 Å². The highest BCUT2D eigenvalue weighted by atomic mass is 16.2. The molecular formula is C15H24N4O. The summed E-state index contributed by atoms with van der Waals surface area (Å²) < 4.78 is 0. The molecule has 0 bridgehead atoms. The highest BCUT2D eigenvalue weighted by molar-refractivity contribution is 5.93. The monoisotopic (exact) mass is 276 g/mol. The van der Waals surface area contributed by atoms with Crippen molar-refractivity contribution in [3.8, 4) is 0 Å². The highest BCUT2D eigenvalue weighted by Crippen LogP contribution is 2.21. The van der Waals surface area contributed by atoms with Crippen LogP contribution in [0.15, 0.2) is 12.4 Å².